The highest BCUT2D eigenvalue weighted by atomic mass is 15.0. The fourth-order valence-corrected chi connectivity index (χ4v) is 2.83. The second kappa shape index (κ2) is 5.16. The van der Waals surface area contributed by atoms with Crippen LogP contribution < -0.4 is 5.32 Å². The molecule has 2 saturated carbocycles. The molecule has 2 aliphatic rings. The molecule has 0 radical (unpaired) electrons. The molecule has 1 heteroatoms. The highest BCUT2D eigenvalue weighted by Gasteiger charge is 2.31. The first-order valence-corrected chi connectivity index (χ1v) is 6.66. The molecule has 2 aliphatic carbocycles. The van der Waals surface area contributed by atoms with Crippen LogP contribution in [0.2, 0.25) is 0 Å². The van der Waals surface area contributed by atoms with Gasteiger partial charge in [-0.05, 0) is 38.0 Å². The van der Waals surface area contributed by atoms with Gasteiger partial charge in [0.2, 0.25) is 0 Å². The second-order valence-corrected chi connectivity index (χ2v) is 5.21. The molecule has 82 valence electrons. The van der Waals surface area contributed by atoms with Gasteiger partial charge in [0.1, 0.15) is 0 Å². The Morgan fingerprint density at radius 2 is 1.64 bits per heavy atom. The fraction of sp³-hybridized carbons (Fsp3) is 1.00. The van der Waals surface area contributed by atoms with Gasteiger partial charge in [0.05, 0.1) is 0 Å². The zero-order chi connectivity index (χ0) is 9.80. The van der Waals surface area contributed by atoms with Gasteiger partial charge in [0.25, 0.3) is 0 Å². The third kappa shape index (κ3) is 2.98. The minimum Gasteiger partial charge on any atom is -0.311 e. The predicted octanol–water partition coefficient (Wildman–Crippen LogP) is 3.49. The van der Waals surface area contributed by atoms with Gasteiger partial charge in [0.15, 0.2) is 0 Å². The smallest absolute Gasteiger partial charge is 0.00952 e. The first kappa shape index (κ1) is 10.5. The van der Waals surface area contributed by atoms with E-state index >= 15 is 0 Å². The lowest BCUT2D eigenvalue weighted by atomic mass is 10.0. The van der Waals surface area contributed by atoms with Crippen molar-refractivity contribution >= 4 is 0 Å². The average molecular weight is 195 g/mol. The lowest BCUT2D eigenvalue weighted by Crippen LogP contribution is -2.39. The molecule has 2 rings (SSSR count). The zero-order valence-electron chi connectivity index (χ0n) is 9.60. The maximum absolute atomic E-state index is 3.91. The number of hydrogen-bond acceptors (Lipinski definition) is 1. The molecule has 1 nitrogen and oxygen atoms in total. The molecule has 2 fully saturated rings. The summed E-state index contributed by atoms with van der Waals surface area (Å²) in [7, 11) is 0. The summed E-state index contributed by atoms with van der Waals surface area (Å²) < 4.78 is 0. The van der Waals surface area contributed by atoms with Crippen LogP contribution in [0.5, 0.6) is 0 Å². The van der Waals surface area contributed by atoms with Crippen molar-refractivity contribution in [1.82, 2.24) is 5.32 Å². The molecule has 0 amide bonds. The van der Waals surface area contributed by atoms with Crippen molar-refractivity contribution < 1.29 is 0 Å². The van der Waals surface area contributed by atoms with Gasteiger partial charge in [-0.1, -0.05) is 32.6 Å². The number of nitrogens with one attached hydrogen (secondary N) is 1. The number of rotatable bonds is 4. The van der Waals surface area contributed by atoms with Gasteiger partial charge >= 0.3 is 0 Å². The molecule has 0 aromatic rings. The van der Waals surface area contributed by atoms with Crippen LogP contribution in [0.15, 0.2) is 0 Å². The molecule has 0 saturated heterocycles. The monoisotopic (exact) mass is 195 g/mol. The third-order valence-electron chi connectivity index (χ3n) is 3.94. The molecule has 1 unspecified atom stereocenters. The summed E-state index contributed by atoms with van der Waals surface area (Å²) in [6.45, 7) is 2.34. The van der Waals surface area contributed by atoms with E-state index in [4.69, 9.17) is 0 Å². The molecule has 0 aliphatic heterocycles. The van der Waals surface area contributed by atoms with E-state index in [2.05, 4.69) is 12.2 Å². The molecule has 1 atom stereocenters. The largest absolute Gasteiger partial charge is 0.311 e. The summed E-state index contributed by atoms with van der Waals surface area (Å²) in [4.78, 5) is 0. The Morgan fingerprint density at radius 1 is 1.00 bits per heavy atom. The first-order chi connectivity index (χ1) is 6.90. The predicted molar refractivity (Wildman–Crippen MR) is 61.4 cm³/mol. The van der Waals surface area contributed by atoms with Gasteiger partial charge in [-0.3, -0.25) is 0 Å². The second-order valence-electron chi connectivity index (χ2n) is 5.21. The Bertz CT molecular complexity index is 155. The van der Waals surface area contributed by atoms with Crippen LogP contribution in [0.4, 0.5) is 0 Å². The average Bonchev–Trinajstić information content (AvgIpc) is 3.01. The van der Waals surface area contributed by atoms with Crippen LogP contribution in [-0.2, 0) is 0 Å². The van der Waals surface area contributed by atoms with Crippen LogP contribution >= 0.6 is 0 Å². The minimum atomic E-state index is 0.845. The van der Waals surface area contributed by atoms with E-state index in [1.54, 1.807) is 0 Å². The summed E-state index contributed by atoms with van der Waals surface area (Å²) in [5.74, 6) is 1.03. The lowest BCUT2D eigenvalue weighted by molar-refractivity contribution is 0.359. The Balaban J connectivity index is 1.75. The van der Waals surface area contributed by atoms with Crippen molar-refractivity contribution in [3.63, 3.8) is 0 Å². The molecule has 0 aromatic heterocycles. The normalized spacial score (nSPS) is 27.2. The summed E-state index contributed by atoms with van der Waals surface area (Å²) in [6, 6.07) is 1.70. The van der Waals surface area contributed by atoms with Crippen molar-refractivity contribution in [3.8, 4) is 0 Å². The molecular formula is C13H25N. The van der Waals surface area contributed by atoms with Crippen LogP contribution in [0.1, 0.15) is 64.7 Å². The maximum Gasteiger partial charge on any atom is 0.00952 e. The Hall–Kier alpha value is -0.0400. The van der Waals surface area contributed by atoms with E-state index in [1.165, 1.54) is 57.8 Å². The highest BCUT2D eigenvalue weighted by molar-refractivity contribution is 4.88. The van der Waals surface area contributed by atoms with E-state index < -0.39 is 0 Å². The number of hydrogen-bond donors (Lipinski definition) is 1. The van der Waals surface area contributed by atoms with Gasteiger partial charge in [-0.15, -0.1) is 0 Å². The van der Waals surface area contributed by atoms with Gasteiger partial charge in [-0.2, -0.15) is 0 Å². The zero-order valence-corrected chi connectivity index (χ0v) is 9.60. The molecule has 0 bridgehead atoms. The molecule has 1 N–H and O–H groups in total. The molecule has 0 spiro atoms. The summed E-state index contributed by atoms with van der Waals surface area (Å²) in [5.41, 5.74) is 0. The molecule has 0 aromatic carbocycles. The van der Waals surface area contributed by atoms with Crippen LogP contribution in [0.25, 0.3) is 0 Å². The van der Waals surface area contributed by atoms with Crippen molar-refractivity contribution in [2.75, 3.05) is 0 Å². The standard InChI is InChI=1S/C13H25N/c1-2-13(11-9-10-11)14-12-7-5-3-4-6-8-12/h11-14H,2-10H2,1H3. The first-order valence-electron chi connectivity index (χ1n) is 6.66. The van der Waals surface area contributed by atoms with E-state index in [1.807, 2.05) is 0 Å². The van der Waals surface area contributed by atoms with Crippen LogP contribution in [0.3, 0.4) is 0 Å². The molecule has 0 heterocycles. The SMILES string of the molecule is CCC(NC1CCCCCC1)C1CC1. The van der Waals surface area contributed by atoms with E-state index in [0.29, 0.717) is 0 Å². The van der Waals surface area contributed by atoms with Crippen molar-refractivity contribution in [2.45, 2.75) is 76.8 Å². The van der Waals surface area contributed by atoms with E-state index in [0.717, 1.165) is 18.0 Å². The lowest BCUT2D eigenvalue weighted by Gasteiger charge is -2.23. The van der Waals surface area contributed by atoms with Crippen LogP contribution in [-0.4, -0.2) is 12.1 Å². The van der Waals surface area contributed by atoms with Gasteiger partial charge in [-0.25, -0.2) is 0 Å². The third-order valence-corrected chi connectivity index (χ3v) is 3.94. The van der Waals surface area contributed by atoms with Crippen molar-refractivity contribution in [1.29, 1.82) is 0 Å². The minimum absolute atomic E-state index is 0.845. The Morgan fingerprint density at radius 3 is 2.14 bits per heavy atom. The summed E-state index contributed by atoms with van der Waals surface area (Å²) in [5, 5.41) is 3.91. The van der Waals surface area contributed by atoms with Gasteiger partial charge in [0, 0.05) is 12.1 Å². The Labute approximate surface area is 88.7 Å². The fourth-order valence-electron chi connectivity index (χ4n) is 2.83. The van der Waals surface area contributed by atoms with Crippen LogP contribution in [0, 0.1) is 5.92 Å². The van der Waals surface area contributed by atoms with Gasteiger partial charge < -0.3 is 5.32 Å². The van der Waals surface area contributed by atoms with Crippen molar-refractivity contribution in [2.24, 2.45) is 5.92 Å². The summed E-state index contributed by atoms with van der Waals surface area (Å²) >= 11 is 0. The Kier molecular flexibility index (Phi) is 3.86. The quantitative estimate of drug-likeness (QED) is 0.677. The van der Waals surface area contributed by atoms with Crippen molar-refractivity contribution in [3.05, 3.63) is 0 Å². The highest BCUT2D eigenvalue weighted by Crippen LogP contribution is 2.34. The topological polar surface area (TPSA) is 12.0 Å². The summed E-state index contributed by atoms with van der Waals surface area (Å²) in [6.07, 6.45) is 13.0. The molecule has 14 heavy (non-hydrogen) atoms. The molecular weight excluding hydrogens is 170 g/mol. The van der Waals surface area contributed by atoms with E-state index in [9.17, 15) is 0 Å². The maximum atomic E-state index is 3.91. The van der Waals surface area contributed by atoms with E-state index in [-0.39, 0.29) is 0 Å².